The van der Waals surface area contributed by atoms with E-state index in [1.165, 1.54) is 43.3 Å². The highest BCUT2D eigenvalue weighted by molar-refractivity contribution is 6.30. The molecule has 10 heteroatoms. The monoisotopic (exact) mass is 415 g/mol. The van der Waals surface area contributed by atoms with E-state index in [0.29, 0.717) is 0 Å². The number of nitro benzene ring substituents is 1. The smallest absolute Gasteiger partial charge is 0.338 e. The molecule has 148 valence electrons. The lowest BCUT2D eigenvalue weighted by Crippen LogP contribution is -2.17. The number of ketones is 1. The van der Waals surface area contributed by atoms with E-state index in [-0.39, 0.29) is 39.0 Å². The average Bonchev–Trinajstić information content (AvgIpc) is 2.68. The van der Waals surface area contributed by atoms with Crippen molar-refractivity contribution in [3.63, 3.8) is 0 Å². The normalized spacial score (nSPS) is 11.1. The molecule has 0 spiro atoms. The number of hydrogen-bond donors (Lipinski definition) is 1. The zero-order valence-corrected chi connectivity index (χ0v) is 15.8. The summed E-state index contributed by atoms with van der Waals surface area (Å²) in [7, 11) is 0. The second kappa shape index (κ2) is 9.34. The lowest BCUT2D eigenvalue weighted by molar-refractivity contribution is -0.385. The summed E-state index contributed by atoms with van der Waals surface area (Å²) in [5.41, 5.74) is 4.98. The van der Waals surface area contributed by atoms with Gasteiger partial charge < -0.3 is 15.2 Å². The van der Waals surface area contributed by atoms with Gasteiger partial charge in [0, 0.05) is 16.8 Å². The first kappa shape index (κ1) is 21.4. The Hall–Kier alpha value is -3.90. The van der Waals surface area contributed by atoms with Crippen LogP contribution in [-0.4, -0.2) is 23.3 Å². The SMILES string of the molecule is C/C(N)=C(/C#N)C(=O)COC(=O)c1ccc(Oc2ccc(Cl)cc2[N+](=O)[O-])cc1. The largest absolute Gasteiger partial charge is 0.454 e. The van der Waals surface area contributed by atoms with E-state index in [1.807, 2.05) is 0 Å². The Labute approximate surface area is 170 Å². The van der Waals surface area contributed by atoms with Crippen LogP contribution < -0.4 is 10.5 Å². The topological polar surface area (TPSA) is 146 Å². The maximum Gasteiger partial charge on any atom is 0.338 e. The molecule has 0 saturated heterocycles. The molecular formula is C19H14ClN3O6. The third kappa shape index (κ3) is 5.54. The number of carbonyl (C=O) groups is 2. The number of halogens is 1. The van der Waals surface area contributed by atoms with Crippen molar-refractivity contribution >= 4 is 29.0 Å². The van der Waals surface area contributed by atoms with Crippen LogP contribution in [0.5, 0.6) is 11.5 Å². The number of carbonyl (C=O) groups excluding carboxylic acids is 2. The van der Waals surface area contributed by atoms with E-state index >= 15 is 0 Å². The van der Waals surface area contributed by atoms with E-state index in [4.69, 9.17) is 32.1 Å². The molecule has 0 atom stereocenters. The van der Waals surface area contributed by atoms with Crippen LogP contribution in [0.4, 0.5) is 5.69 Å². The number of nitrogens with zero attached hydrogens (tertiary/aromatic N) is 2. The summed E-state index contributed by atoms with van der Waals surface area (Å²) in [6.07, 6.45) is 0. The van der Waals surface area contributed by atoms with Crippen molar-refractivity contribution < 1.29 is 24.0 Å². The molecule has 0 aliphatic heterocycles. The van der Waals surface area contributed by atoms with Gasteiger partial charge in [0.15, 0.2) is 6.61 Å². The number of nitriles is 1. The van der Waals surface area contributed by atoms with Gasteiger partial charge in [-0.1, -0.05) is 11.6 Å². The van der Waals surface area contributed by atoms with Gasteiger partial charge in [0.1, 0.15) is 17.4 Å². The zero-order valence-electron chi connectivity index (χ0n) is 15.0. The summed E-state index contributed by atoms with van der Waals surface area (Å²) in [6.45, 7) is 0.757. The lowest BCUT2D eigenvalue weighted by Gasteiger charge is -2.08. The summed E-state index contributed by atoms with van der Waals surface area (Å²) in [5.74, 6) is -1.30. The van der Waals surface area contributed by atoms with Crippen LogP contribution in [0, 0.1) is 21.4 Å². The van der Waals surface area contributed by atoms with E-state index in [9.17, 15) is 19.7 Å². The molecule has 0 radical (unpaired) electrons. The van der Waals surface area contributed by atoms with Gasteiger partial charge in [0.2, 0.25) is 11.5 Å². The fourth-order valence-electron chi connectivity index (χ4n) is 2.16. The van der Waals surface area contributed by atoms with Crippen molar-refractivity contribution in [1.82, 2.24) is 0 Å². The maximum atomic E-state index is 12.0. The molecule has 0 aromatic heterocycles. The quantitative estimate of drug-likeness (QED) is 0.237. The van der Waals surface area contributed by atoms with Gasteiger partial charge >= 0.3 is 11.7 Å². The van der Waals surface area contributed by atoms with Crippen molar-refractivity contribution in [2.75, 3.05) is 6.61 Å². The molecule has 0 unspecified atom stereocenters. The minimum absolute atomic E-state index is 0.0201. The molecule has 0 aliphatic rings. The van der Waals surface area contributed by atoms with Crippen molar-refractivity contribution in [2.45, 2.75) is 6.92 Å². The molecular weight excluding hydrogens is 402 g/mol. The van der Waals surface area contributed by atoms with Gasteiger partial charge in [-0.3, -0.25) is 14.9 Å². The Kier molecular flexibility index (Phi) is 6.89. The van der Waals surface area contributed by atoms with Crippen molar-refractivity contribution in [1.29, 1.82) is 5.26 Å². The fourth-order valence-corrected chi connectivity index (χ4v) is 2.33. The Morgan fingerprint density at radius 1 is 1.24 bits per heavy atom. The predicted molar refractivity (Wildman–Crippen MR) is 102 cm³/mol. The molecule has 0 aliphatic carbocycles. The number of nitrogens with two attached hydrogens (primary N) is 1. The molecule has 0 heterocycles. The van der Waals surface area contributed by atoms with Crippen LogP contribution >= 0.6 is 11.6 Å². The number of ether oxygens (including phenoxy) is 2. The minimum Gasteiger partial charge on any atom is -0.454 e. The molecule has 0 fully saturated rings. The number of allylic oxidation sites excluding steroid dienone is 1. The van der Waals surface area contributed by atoms with E-state index < -0.39 is 23.3 Å². The van der Waals surface area contributed by atoms with Crippen LogP contribution in [0.15, 0.2) is 53.7 Å². The number of Topliss-reactive ketones (excluding diaryl/α,β-unsaturated/α-hetero) is 1. The van der Waals surface area contributed by atoms with Gasteiger partial charge in [-0.2, -0.15) is 5.26 Å². The summed E-state index contributed by atoms with van der Waals surface area (Å²) in [4.78, 5) is 34.3. The van der Waals surface area contributed by atoms with Crippen molar-refractivity contribution in [3.05, 3.63) is 74.4 Å². The van der Waals surface area contributed by atoms with Crippen LogP contribution in [0.2, 0.25) is 5.02 Å². The molecule has 29 heavy (non-hydrogen) atoms. The standard InChI is InChI=1S/C19H14ClN3O6/c1-11(22)15(9-21)17(24)10-28-19(25)12-2-5-14(6-3-12)29-18-7-4-13(20)8-16(18)23(26)27/h2-8H,10,22H2,1H3/b15-11+. The summed E-state index contributed by atoms with van der Waals surface area (Å²) < 4.78 is 10.3. The van der Waals surface area contributed by atoms with Gasteiger partial charge in [0.05, 0.1) is 10.5 Å². The molecule has 0 saturated carbocycles. The summed E-state index contributed by atoms with van der Waals surface area (Å²) in [6, 6.07) is 11.1. The van der Waals surface area contributed by atoms with Crippen molar-refractivity contribution in [3.8, 4) is 17.6 Å². The first-order valence-corrected chi connectivity index (χ1v) is 8.39. The Balaban J connectivity index is 2.07. The molecule has 0 amide bonds. The van der Waals surface area contributed by atoms with Crippen LogP contribution in [-0.2, 0) is 9.53 Å². The third-order valence-electron chi connectivity index (χ3n) is 3.55. The van der Waals surface area contributed by atoms with Crippen molar-refractivity contribution in [2.24, 2.45) is 5.73 Å². The highest BCUT2D eigenvalue weighted by Gasteiger charge is 2.18. The molecule has 2 aromatic rings. The molecule has 2 rings (SSSR count). The first-order chi connectivity index (χ1) is 13.7. The first-order valence-electron chi connectivity index (χ1n) is 8.01. The van der Waals surface area contributed by atoms with Gasteiger partial charge in [0.25, 0.3) is 0 Å². The second-order valence-corrected chi connectivity index (χ2v) is 6.10. The van der Waals surface area contributed by atoms with E-state index in [1.54, 1.807) is 6.07 Å². The second-order valence-electron chi connectivity index (χ2n) is 5.66. The Morgan fingerprint density at radius 2 is 1.90 bits per heavy atom. The maximum absolute atomic E-state index is 12.0. The van der Waals surface area contributed by atoms with Crippen LogP contribution in [0.1, 0.15) is 17.3 Å². The highest BCUT2D eigenvalue weighted by atomic mass is 35.5. The Bertz CT molecular complexity index is 1040. The molecule has 0 bridgehead atoms. The third-order valence-corrected chi connectivity index (χ3v) is 3.79. The Morgan fingerprint density at radius 3 is 2.45 bits per heavy atom. The molecule has 2 N–H and O–H groups in total. The number of hydrogen-bond acceptors (Lipinski definition) is 8. The number of esters is 1. The highest BCUT2D eigenvalue weighted by Crippen LogP contribution is 2.33. The van der Waals surface area contributed by atoms with Gasteiger partial charge in [-0.05, 0) is 43.3 Å². The molecule has 2 aromatic carbocycles. The summed E-state index contributed by atoms with van der Waals surface area (Å²) in [5, 5.41) is 20.1. The number of benzene rings is 2. The van der Waals surface area contributed by atoms with Crippen LogP contribution in [0.25, 0.3) is 0 Å². The minimum atomic E-state index is -0.797. The lowest BCUT2D eigenvalue weighted by atomic mass is 10.1. The fraction of sp³-hybridized carbons (Fsp3) is 0.105. The van der Waals surface area contributed by atoms with E-state index in [0.717, 1.165) is 6.07 Å². The predicted octanol–water partition coefficient (Wildman–Crippen LogP) is 3.52. The zero-order chi connectivity index (χ0) is 21.6. The van der Waals surface area contributed by atoms with E-state index in [2.05, 4.69) is 0 Å². The molecule has 9 nitrogen and oxygen atoms in total. The average molecular weight is 416 g/mol. The number of nitro groups is 1. The summed E-state index contributed by atoms with van der Waals surface area (Å²) >= 11 is 5.75. The number of rotatable bonds is 7. The van der Waals surface area contributed by atoms with Gasteiger partial charge in [-0.25, -0.2) is 4.79 Å². The van der Waals surface area contributed by atoms with Crippen LogP contribution in [0.3, 0.4) is 0 Å². The van der Waals surface area contributed by atoms with Gasteiger partial charge in [-0.15, -0.1) is 0 Å².